The third kappa shape index (κ3) is 3.76. The van der Waals surface area contributed by atoms with Crippen LogP contribution < -0.4 is 10.6 Å². The van der Waals surface area contributed by atoms with Crippen LogP contribution in [0, 0.1) is 0 Å². The molecule has 0 amide bonds. The largest absolute Gasteiger partial charge is 0.372 e. The Balaban J connectivity index is 1.59. The summed E-state index contributed by atoms with van der Waals surface area (Å²) in [6.45, 7) is 4.40. The minimum atomic E-state index is -0.156. The first-order chi connectivity index (χ1) is 15.1. The molecule has 1 aliphatic carbocycles. The molecule has 2 unspecified atom stereocenters. The molecule has 0 radical (unpaired) electrons. The molecule has 0 aromatic heterocycles. The topological polar surface area (TPSA) is 41.1 Å². The van der Waals surface area contributed by atoms with Crippen molar-refractivity contribution in [3.8, 4) is 0 Å². The van der Waals surface area contributed by atoms with Crippen molar-refractivity contribution in [1.82, 2.24) is 0 Å². The van der Waals surface area contributed by atoms with Gasteiger partial charge in [0.25, 0.3) is 0 Å². The minimum Gasteiger partial charge on any atom is -0.372 e. The fourth-order valence-electron chi connectivity index (χ4n) is 4.78. The molecule has 3 heteroatoms. The highest BCUT2D eigenvalue weighted by Gasteiger charge is 2.35. The number of Topliss-reactive ketones (excluding diaryl/α,β-unsaturated/α-hetero) is 1. The van der Waals surface area contributed by atoms with Crippen molar-refractivity contribution in [2.24, 2.45) is 0 Å². The first-order valence-corrected chi connectivity index (χ1v) is 11.1. The Morgan fingerprint density at radius 3 is 2.16 bits per heavy atom. The van der Waals surface area contributed by atoms with Crippen molar-refractivity contribution >= 4 is 17.2 Å². The van der Waals surface area contributed by atoms with Crippen LogP contribution in [0.3, 0.4) is 0 Å². The Hall–Kier alpha value is -3.33. The van der Waals surface area contributed by atoms with Crippen LogP contribution >= 0.6 is 0 Å². The molecule has 3 aromatic rings. The molecule has 2 N–H and O–H groups in total. The number of fused-ring (bicyclic) bond motifs is 1. The lowest BCUT2D eigenvalue weighted by atomic mass is 9.78. The maximum atomic E-state index is 13.5. The average molecular weight is 409 g/mol. The Kier molecular flexibility index (Phi) is 5.11. The molecule has 1 heterocycles. The maximum absolute atomic E-state index is 13.5. The molecule has 3 nitrogen and oxygen atoms in total. The van der Waals surface area contributed by atoms with Gasteiger partial charge in [-0.25, -0.2) is 0 Å². The van der Waals surface area contributed by atoms with Crippen LogP contribution in [0.25, 0.3) is 0 Å². The zero-order chi connectivity index (χ0) is 21.4. The van der Waals surface area contributed by atoms with Crippen LogP contribution in [0.1, 0.15) is 61.3 Å². The van der Waals surface area contributed by atoms with Crippen LogP contribution in [0.5, 0.6) is 0 Å². The summed E-state index contributed by atoms with van der Waals surface area (Å²) in [5, 5.41) is 7.28. The fourth-order valence-corrected chi connectivity index (χ4v) is 4.78. The van der Waals surface area contributed by atoms with Crippen LogP contribution in [0.15, 0.2) is 90.1 Å². The smallest absolute Gasteiger partial charge is 0.163 e. The fraction of sp³-hybridized carbons (Fsp3) is 0.250. The zero-order valence-electron chi connectivity index (χ0n) is 18.1. The van der Waals surface area contributed by atoms with Crippen LogP contribution in [0.2, 0.25) is 0 Å². The van der Waals surface area contributed by atoms with Gasteiger partial charge in [0.15, 0.2) is 5.78 Å². The highest BCUT2D eigenvalue weighted by atomic mass is 16.1. The van der Waals surface area contributed by atoms with Gasteiger partial charge in [0, 0.05) is 17.7 Å². The van der Waals surface area contributed by atoms with E-state index in [0.29, 0.717) is 12.3 Å². The van der Waals surface area contributed by atoms with E-state index in [4.69, 9.17) is 0 Å². The molecule has 2 aliphatic rings. The molecule has 0 saturated carbocycles. The summed E-state index contributed by atoms with van der Waals surface area (Å²) in [4.78, 5) is 13.5. The van der Waals surface area contributed by atoms with E-state index in [2.05, 4.69) is 85.1 Å². The Morgan fingerprint density at radius 2 is 1.45 bits per heavy atom. The summed E-state index contributed by atoms with van der Waals surface area (Å²) in [7, 11) is 0. The first kappa shape index (κ1) is 19.6. The van der Waals surface area contributed by atoms with Gasteiger partial charge in [0.05, 0.1) is 17.4 Å². The van der Waals surface area contributed by atoms with Gasteiger partial charge in [-0.2, -0.15) is 0 Å². The Morgan fingerprint density at radius 1 is 0.774 bits per heavy atom. The summed E-state index contributed by atoms with van der Waals surface area (Å²) < 4.78 is 0. The molecule has 1 aliphatic heterocycles. The number of para-hydroxylation sites is 2. The van der Waals surface area contributed by atoms with Crippen LogP contribution in [-0.4, -0.2) is 5.78 Å². The van der Waals surface area contributed by atoms with Gasteiger partial charge in [-0.05, 0) is 47.1 Å². The summed E-state index contributed by atoms with van der Waals surface area (Å²) >= 11 is 0. The predicted molar refractivity (Wildman–Crippen MR) is 127 cm³/mol. The zero-order valence-corrected chi connectivity index (χ0v) is 18.1. The number of nitrogens with one attached hydrogen (secondary N) is 2. The molecule has 0 spiro atoms. The quantitative estimate of drug-likeness (QED) is 0.501. The van der Waals surface area contributed by atoms with Crippen LogP contribution in [-0.2, 0) is 4.79 Å². The lowest BCUT2D eigenvalue weighted by Crippen LogP contribution is -2.26. The maximum Gasteiger partial charge on any atom is 0.163 e. The second-order valence-corrected chi connectivity index (χ2v) is 8.90. The summed E-state index contributed by atoms with van der Waals surface area (Å²) in [6.07, 6.45) is 1.38. The highest BCUT2D eigenvalue weighted by Crippen LogP contribution is 2.44. The van der Waals surface area contributed by atoms with E-state index in [-0.39, 0.29) is 17.7 Å². The number of carbonyl (C=O) groups excluding carboxylic acids is 1. The predicted octanol–water partition coefficient (Wildman–Crippen LogP) is 6.79. The molecule has 0 bridgehead atoms. The van der Waals surface area contributed by atoms with E-state index in [1.54, 1.807) is 0 Å². The van der Waals surface area contributed by atoms with Crippen molar-refractivity contribution in [2.75, 3.05) is 10.6 Å². The van der Waals surface area contributed by atoms with Crippen molar-refractivity contribution < 1.29 is 4.79 Å². The van der Waals surface area contributed by atoms with Crippen molar-refractivity contribution in [1.29, 1.82) is 0 Å². The first-order valence-electron chi connectivity index (χ1n) is 11.1. The molecule has 3 aromatic carbocycles. The van der Waals surface area contributed by atoms with Gasteiger partial charge in [-0.3, -0.25) is 4.79 Å². The van der Waals surface area contributed by atoms with E-state index in [0.717, 1.165) is 34.6 Å². The summed E-state index contributed by atoms with van der Waals surface area (Å²) in [6, 6.07) is 27.2. The summed E-state index contributed by atoms with van der Waals surface area (Å²) in [5.41, 5.74) is 7.64. The second-order valence-electron chi connectivity index (χ2n) is 8.90. The third-order valence-corrected chi connectivity index (χ3v) is 6.52. The van der Waals surface area contributed by atoms with Gasteiger partial charge in [0.1, 0.15) is 0 Å². The van der Waals surface area contributed by atoms with Gasteiger partial charge in [0.2, 0.25) is 0 Å². The molecule has 2 atom stereocenters. The second kappa shape index (κ2) is 8.07. The van der Waals surface area contributed by atoms with Gasteiger partial charge in [-0.15, -0.1) is 0 Å². The lowest BCUT2D eigenvalue weighted by molar-refractivity contribution is -0.116. The lowest BCUT2D eigenvalue weighted by Gasteiger charge is -2.30. The third-order valence-electron chi connectivity index (χ3n) is 6.52. The van der Waals surface area contributed by atoms with E-state index in [9.17, 15) is 4.79 Å². The van der Waals surface area contributed by atoms with Gasteiger partial charge >= 0.3 is 0 Å². The minimum absolute atomic E-state index is 0.156. The van der Waals surface area contributed by atoms with Gasteiger partial charge < -0.3 is 10.6 Å². The van der Waals surface area contributed by atoms with Crippen molar-refractivity contribution in [2.45, 2.75) is 44.6 Å². The van der Waals surface area contributed by atoms with E-state index in [1.165, 1.54) is 11.1 Å². The number of benzene rings is 3. The van der Waals surface area contributed by atoms with E-state index in [1.807, 2.05) is 18.2 Å². The van der Waals surface area contributed by atoms with E-state index >= 15 is 0 Å². The van der Waals surface area contributed by atoms with Gasteiger partial charge in [-0.1, -0.05) is 80.6 Å². The SMILES string of the molecule is CC(C)c1ccc(C2Nc3ccccc3NC3=C2C(=O)CC(c2ccccc2)C3)cc1. The van der Waals surface area contributed by atoms with Crippen molar-refractivity contribution in [3.05, 3.63) is 107 Å². The number of anilines is 2. The number of rotatable bonds is 3. The van der Waals surface area contributed by atoms with Crippen LogP contribution in [0.4, 0.5) is 11.4 Å². The number of ketones is 1. The number of hydrogen-bond donors (Lipinski definition) is 2. The molecule has 156 valence electrons. The normalized spacial score (nSPS) is 20.4. The Bertz CT molecular complexity index is 1130. The number of allylic oxidation sites excluding steroid dienone is 1. The molecule has 0 fully saturated rings. The van der Waals surface area contributed by atoms with Crippen molar-refractivity contribution in [3.63, 3.8) is 0 Å². The molecular formula is C28H28N2O. The molecule has 31 heavy (non-hydrogen) atoms. The number of hydrogen-bond acceptors (Lipinski definition) is 3. The molecule has 5 rings (SSSR count). The monoisotopic (exact) mass is 408 g/mol. The number of carbonyl (C=O) groups is 1. The highest BCUT2D eigenvalue weighted by molar-refractivity contribution is 6.01. The Labute approximate surface area is 184 Å². The van der Waals surface area contributed by atoms with E-state index < -0.39 is 0 Å². The molecule has 0 saturated heterocycles. The summed E-state index contributed by atoms with van der Waals surface area (Å²) in [5.74, 6) is 0.909. The molecular weight excluding hydrogens is 380 g/mol. The standard InChI is InChI=1S/C28H28N2O/c1-18(2)19-12-14-21(15-13-19)28-27-25(29-23-10-6-7-11-24(23)30-28)16-22(17-26(27)31)20-8-4-3-5-9-20/h3-15,18,22,28-30H,16-17H2,1-2H3. The average Bonchev–Trinajstić information content (AvgIpc) is 2.96.